The van der Waals surface area contributed by atoms with E-state index in [1.54, 1.807) is 0 Å². The summed E-state index contributed by atoms with van der Waals surface area (Å²) < 4.78 is 0. The van der Waals surface area contributed by atoms with Crippen LogP contribution in [0.2, 0.25) is 0 Å². The van der Waals surface area contributed by atoms with E-state index in [0.29, 0.717) is 5.41 Å². The van der Waals surface area contributed by atoms with Gasteiger partial charge in [0.2, 0.25) is 0 Å². The van der Waals surface area contributed by atoms with Crippen LogP contribution in [0.15, 0.2) is 24.3 Å². The van der Waals surface area contributed by atoms with Crippen LogP contribution in [0.4, 0.5) is 0 Å². The first-order chi connectivity index (χ1) is 7.49. The van der Waals surface area contributed by atoms with Crippen LogP contribution in [0.25, 0.3) is 0 Å². The molecule has 1 radical (unpaired) electrons. The monoisotopic (exact) mass is 217 g/mol. The lowest BCUT2D eigenvalue weighted by Gasteiger charge is -2.31. The van der Waals surface area contributed by atoms with Gasteiger partial charge in [0, 0.05) is 12.0 Å². The van der Waals surface area contributed by atoms with Crippen LogP contribution in [0, 0.1) is 11.8 Å². The van der Waals surface area contributed by atoms with Crippen molar-refractivity contribution in [1.82, 2.24) is 0 Å². The van der Waals surface area contributed by atoms with Crippen molar-refractivity contribution in [2.24, 2.45) is 5.41 Å². The number of aliphatic hydroxyl groups excluding tert-OH is 1. The van der Waals surface area contributed by atoms with E-state index < -0.39 is 0 Å². The van der Waals surface area contributed by atoms with Crippen LogP contribution in [-0.4, -0.2) is 11.7 Å². The Morgan fingerprint density at radius 2 is 1.75 bits per heavy atom. The van der Waals surface area contributed by atoms with E-state index in [-0.39, 0.29) is 12.0 Å². The van der Waals surface area contributed by atoms with Gasteiger partial charge in [-0.2, -0.15) is 0 Å². The summed E-state index contributed by atoms with van der Waals surface area (Å²) in [7, 11) is 0. The first kappa shape index (κ1) is 11.7. The maximum absolute atomic E-state index is 8.88. The number of benzene rings is 1. The molecule has 16 heavy (non-hydrogen) atoms. The van der Waals surface area contributed by atoms with Crippen molar-refractivity contribution in [2.75, 3.05) is 6.61 Å². The fourth-order valence-corrected chi connectivity index (χ4v) is 2.48. The van der Waals surface area contributed by atoms with Crippen LogP contribution in [-0.2, 0) is 11.8 Å². The molecule has 1 aliphatic carbocycles. The predicted octanol–water partition coefficient (Wildman–Crippen LogP) is 3.11. The van der Waals surface area contributed by atoms with Gasteiger partial charge in [-0.3, -0.25) is 0 Å². The molecule has 0 aromatic heterocycles. The highest BCUT2D eigenvalue weighted by molar-refractivity contribution is 5.42. The Morgan fingerprint density at radius 1 is 1.19 bits per heavy atom. The molecule has 0 amide bonds. The van der Waals surface area contributed by atoms with E-state index in [9.17, 15) is 0 Å². The topological polar surface area (TPSA) is 20.2 Å². The zero-order valence-electron chi connectivity index (χ0n) is 10.5. The minimum absolute atomic E-state index is 0.232. The molecule has 2 rings (SSSR count). The number of hydrogen-bond donors (Lipinski definition) is 1. The molecule has 1 unspecified atom stereocenters. The Hall–Kier alpha value is -0.820. The fourth-order valence-electron chi connectivity index (χ4n) is 2.48. The normalized spacial score (nSPS) is 18.5. The average molecular weight is 217 g/mol. The first-order valence-electron chi connectivity index (χ1n) is 6.04. The summed E-state index contributed by atoms with van der Waals surface area (Å²) in [4.78, 5) is 0. The van der Waals surface area contributed by atoms with Gasteiger partial charge >= 0.3 is 0 Å². The largest absolute Gasteiger partial charge is 0.396 e. The van der Waals surface area contributed by atoms with Crippen molar-refractivity contribution in [3.05, 3.63) is 41.8 Å². The molecule has 1 saturated carbocycles. The second kappa shape index (κ2) is 3.89. The number of hydrogen-bond acceptors (Lipinski definition) is 1. The third-order valence-corrected chi connectivity index (χ3v) is 3.82. The van der Waals surface area contributed by atoms with E-state index in [2.05, 4.69) is 51.5 Å². The molecule has 0 spiro atoms. The van der Waals surface area contributed by atoms with Crippen LogP contribution >= 0.6 is 0 Å². The van der Waals surface area contributed by atoms with Crippen LogP contribution in [0.1, 0.15) is 38.3 Å². The van der Waals surface area contributed by atoms with Crippen molar-refractivity contribution in [1.29, 1.82) is 0 Å². The zero-order valence-corrected chi connectivity index (χ0v) is 10.5. The first-order valence-corrected chi connectivity index (χ1v) is 6.04. The molecule has 1 aromatic rings. The van der Waals surface area contributed by atoms with Crippen molar-refractivity contribution < 1.29 is 5.11 Å². The van der Waals surface area contributed by atoms with E-state index in [4.69, 9.17) is 5.11 Å². The highest BCUT2D eigenvalue weighted by Gasteiger charge is 2.53. The van der Waals surface area contributed by atoms with Crippen molar-refractivity contribution in [3.8, 4) is 0 Å². The fraction of sp³-hybridized carbons (Fsp3) is 0.533. The smallest absolute Gasteiger partial charge is 0.0471 e. The third-order valence-electron chi connectivity index (χ3n) is 3.82. The minimum atomic E-state index is 0.232. The van der Waals surface area contributed by atoms with Gasteiger partial charge in [-0.05, 0) is 35.8 Å². The summed E-state index contributed by atoms with van der Waals surface area (Å²) in [5, 5.41) is 8.88. The molecule has 1 fully saturated rings. The Morgan fingerprint density at radius 3 is 2.12 bits per heavy atom. The molecule has 1 aliphatic rings. The van der Waals surface area contributed by atoms with Crippen LogP contribution in [0.5, 0.6) is 0 Å². The summed E-state index contributed by atoms with van der Waals surface area (Å²) in [5.41, 5.74) is 3.22. The molecule has 1 heteroatoms. The lowest BCUT2D eigenvalue weighted by molar-refractivity contribution is 0.299. The van der Waals surface area contributed by atoms with Gasteiger partial charge in [-0.25, -0.2) is 0 Å². The second-order valence-electron chi connectivity index (χ2n) is 5.80. The lowest BCUT2D eigenvalue weighted by atomic mass is 9.73. The highest BCUT2D eigenvalue weighted by Crippen LogP contribution is 2.58. The van der Waals surface area contributed by atoms with E-state index in [1.807, 2.05) is 0 Å². The van der Waals surface area contributed by atoms with Crippen LogP contribution in [0.3, 0.4) is 0 Å². The summed E-state index contributed by atoms with van der Waals surface area (Å²) >= 11 is 0. The van der Waals surface area contributed by atoms with Gasteiger partial charge in [-0.1, -0.05) is 45.0 Å². The molecule has 87 valence electrons. The summed E-state index contributed by atoms with van der Waals surface area (Å²) in [6.07, 6.45) is 4.36. The molecule has 0 saturated heterocycles. The number of rotatable bonds is 3. The van der Waals surface area contributed by atoms with Gasteiger partial charge in [0.15, 0.2) is 0 Å². The molecule has 0 heterocycles. The summed E-state index contributed by atoms with van der Waals surface area (Å²) in [5.74, 6) is 0. The Kier molecular flexibility index (Phi) is 2.83. The molecule has 1 nitrogen and oxygen atoms in total. The van der Waals surface area contributed by atoms with Gasteiger partial charge in [-0.15, -0.1) is 0 Å². The predicted molar refractivity (Wildman–Crippen MR) is 67.3 cm³/mol. The maximum Gasteiger partial charge on any atom is 0.0471 e. The SMILES string of the molecule is CC(C)(C)C1(c2ccc(CCO)cc2)[CH]C1. The van der Waals surface area contributed by atoms with Gasteiger partial charge < -0.3 is 5.11 Å². The average Bonchev–Trinajstić information content (AvgIpc) is 2.99. The molecule has 0 bridgehead atoms. The Bertz CT molecular complexity index is 352. The molecular weight excluding hydrogens is 196 g/mol. The van der Waals surface area contributed by atoms with Crippen molar-refractivity contribution >= 4 is 0 Å². The maximum atomic E-state index is 8.88. The molecule has 1 N–H and O–H groups in total. The summed E-state index contributed by atoms with van der Waals surface area (Å²) in [6.45, 7) is 7.14. The van der Waals surface area contributed by atoms with Crippen molar-refractivity contribution in [3.63, 3.8) is 0 Å². The Balaban J connectivity index is 2.22. The molecule has 1 atom stereocenters. The zero-order chi connectivity index (χ0) is 11.8. The molecular formula is C15H21O. The quantitative estimate of drug-likeness (QED) is 0.824. The molecule has 0 aliphatic heterocycles. The molecule has 1 aromatic carbocycles. The van der Waals surface area contributed by atoms with E-state index in [0.717, 1.165) is 6.42 Å². The standard InChI is InChI=1S/C15H21O/c1-14(2,3)15(9-10-15)13-6-4-12(5-7-13)8-11-16/h4-7,9,16H,8,10-11H2,1-3H3. The van der Waals surface area contributed by atoms with Gasteiger partial charge in [0.05, 0.1) is 0 Å². The lowest BCUT2D eigenvalue weighted by Crippen LogP contribution is -2.26. The highest BCUT2D eigenvalue weighted by atomic mass is 16.2. The van der Waals surface area contributed by atoms with E-state index >= 15 is 0 Å². The van der Waals surface area contributed by atoms with Gasteiger partial charge in [0.1, 0.15) is 0 Å². The minimum Gasteiger partial charge on any atom is -0.396 e. The van der Waals surface area contributed by atoms with Crippen LogP contribution < -0.4 is 0 Å². The number of aliphatic hydroxyl groups is 1. The van der Waals surface area contributed by atoms with Gasteiger partial charge in [0.25, 0.3) is 0 Å². The van der Waals surface area contributed by atoms with Crippen molar-refractivity contribution in [2.45, 2.75) is 39.0 Å². The second-order valence-corrected chi connectivity index (χ2v) is 5.80. The Labute approximate surface area is 98.5 Å². The third kappa shape index (κ3) is 1.89. The van der Waals surface area contributed by atoms with E-state index in [1.165, 1.54) is 17.5 Å². The summed E-state index contributed by atoms with van der Waals surface area (Å²) in [6, 6.07) is 8.73.